The van der Waals surface area contributed by atoms with Crippen LogP contribution in [0.25, 0.3) is 0 Å². The molecule has 0 saturated carbocycles. The van der Waals surface area contributed by atoms with Crippen LogP contribution in [0.2, 0.25) is 5.02 Å². The van der Waals surface area contributed by atoms with Crippen LogP contribution in [0.4, 0.5) is 5.69 Å². The summed E-state index contributed by atoms with van der Waals surface area (Å²) in [5, 5.41) is 0.662. The molecular weight excluding hydrogens is 352 g/mol. The van der Waals surface area contributed by atoms with Crippen molar-refractivity contribution in [3.05, 3.63) is 63.1 Å². The maximum atomic E-state index is 12.7. The largest absolute Gasteiger partial charge is 0.398 e. The molecule has 0 saturated heterocycles. The number of benzene rings is 2. The topological polar surface area (TPSA) is 46.3 Å². The molecule has 0 aromatic heterocycles. The quantitative estimate of drug-likeness (QED) is 0.817. The van der Waals surface area contributed by atoms with E-state index in [-0.39, 0.29) is 5.91 Å². The van der Waals surface area contributed by atoms with Crippen LogP contribution < -0.4 is 5.73 Å². The number of carbonyl (C=O) groups excluding carboxylic acids is 1. The highest BCUT2D eigenvalue weighted by atomic mass is 79.9. The maximum Gasteiger partial charge on any atom is 0.255 e. The molecule has 0 spiro atoms. The van der Waals surface area contributed by atoms with E-state index in [2.05, 4.69) is 15.9 Å². The number of nitrogen functional groups attached to an aromatic ring is 1. The maximum absolute atomic E-state index is 12.7. The Hall–Kier alpha value is -1.52. The van der Waals surface area contributed by atoms with Crippen molar-refractivity contribution in [1.82, 2.24) is 4.90 Å². The number of hydrogen-bond donors (Lipinski definition) is 1. The Morgan fingerprint density at radius 2 is 1.95 bits per heavy atom. The highest BCUT2D eigenvalue weighted by Gasteiger charge is 2.18. The van der Waals surface area contributed by atoms with Gasteiger partial charge in [0.1, 0.15) is 0 Å². The summed E-state index contributed by atoms with van der Waals surface area (Å²) in [5.74, 6) is -0.0726. The van der Waals surface area contributed by atoms with Gasteiger partial charge < -0.3 is 10.6 Å². The van der Waals surface area contributed by atoms with Gasteiger partial charge in [0, 0.05) is 23.8 Å². The van der Waals surface area contributed by atoms with Crippen LogP contribution in [0, 0.1) is 0 Å². The molecule has 3 nitrogen and oxygen atoms in total. The molecule has 0 atom stereocenters. The van der Waals surface area contributed by atoms with Gasteiger partial charge in [0.05, 0.1) is 10.0 Å². The van der Waals surface area contributed by atoms with Crippen molar-refractivity contribution in [1.29, 1.82) is 0 Å². The number of amides is 1. The number of nitrogens with two attached hydrogens (primary N) is 1. The molecule has 0 heterocycles. The summed E-state index contributed by atoms with van der Waals surface area (Å²) in [5.41, 5.74) is 7.87. The van der Waals surface area contributed by atoms with Crippen LogP contribution in [0.3, 0.4) is 0 Å². The molecule has 0 radical (unpaired) electrons. The van der Waals surface area contributed by atoms with Crippen LogP contribution in [-0.4, -0.2) is 17.4 Å². The first kappa shape index (κ1) is 15.9. The molecule has 2 aromatic carbocycles. The molecule has 2 rings (SSSR count). The summed E-state index contributed by atoms with van der Waals surface area (Å²) < 4.78 is 0.632. The first-order valence-electron chi connectivity index (χ1n) is 6.61. The second-order valence-corrected chi connectivity index (χ2v) is 5.82. The Balaban J connectivity index is 2.27. The van der Waals surface area contributed by atoms with Gasteiger partial charge >= 0.3 is 0 Å². The molecular formula is C16H16BrClN2O. The van der Waals surface area contributed by atoms with Crippen LogP contribution in [-0.2, 0) is 6.54 Å². The summed E-state index contributed by atoms with van der Waals surface area (Å²) in [4.78, 5) is 14.4. The number of nitrogens with zero attached hydrogens (tertiary/aromatic N) is 1. The molecule has 1 amide bonds. The molecule has 5 heteroatoms. The summed E-state index contributed by atoms with van der Waals surface area (Å²) in [6.07, 6.45) is 0. The molecule has 0 aliphatic carbocycles. The summed E-state index contributed by atoms with van der Waals surface area (Å²) in [6.45, 7) is 3.00. The zero-order chi connectivity index (χ0) is 15.4. The number of anilines is 1. The zero-order valence-electron chi connectivity index (χ0n) is 11.6. The molecule has 2 N–H and O–H groups in total. The summed E-state index contributed by atoms with van der Waals surface area (Å²) in [7, 11) is 0. The monoisotopic (exact) mass is 366 g/mol. The van der Waals surface area contributed by atoms with E-state index in [1.807, 2.05) is 31.2 Å². The van der Waals surface area contributed by atoms with E-state index in [0.717, 1.165) is 5.56 Å². The van der Waals surface area contributed by atoms with Gasteiger partial charge in [-0.25, -0.2) is 0 Å². The average molecular weight is 368 g/mol. The second-order valence-electron chi connectivity index (χ2n) is 4.62. The lowest BCUT2D eigenvalue weighted by molar-refractivity contribution is 0.0752. The van der Waals surface area contributed by atoms with E-state index in [9.17, 15) is 4.79 Å². The fraction of sp³-hybridized carbons (Fsp3) is 0.188. The van der Waals surface area contributed by atoms with E-state index < -0.39 is 0 Å². The van der Waals surface area contributed by atoms with Crippen molar-refractivity contribution in [2.75, 3.05) is 12.3 Å². The minimum atomic E-state index is -0.0726. The van der Waals surface area contributed by atoms with E-state index >= 15 is 0 Å². The number of hydrogen-bond acceptors (Lipinski definition) is 2. The van der Waals surface area contributed by atoms with Gasteiger partial charge in [-0.1, -0.05) is 35.9 Å². The van der Waals surface area contributed by atoms with E-state index in [1.54, 1.807) is 23.1 Å². The lowest BCUT2D eigenvalue weighted by atomic mass is 10.1. The van der Waals surface area contributed by atoms with Crippen molar-refractivity contribution < 1.29 is 4.79 Å². The SMILES string of the molecule is CCN(Cc1ccccc1Cl)C(=O)c1cccc(N)c1Br. The Kier molecular flexibility index (Phi) is 5.26. The van der Waals surface area contributed by atoms with Gasteiger partial charge in [0.15, 0.2) is 0 Å². The first-order chi connectivity index (χ1) is 10.0. The van der Waals surface area contributed by atoms with Crippen LogP contribution in [0.5, 0.6) is 0 Å². The predicted molar refractivity (Wildman–Crippen MR) is 90.4 cm³/mol. The number of rotatable bonds is 4. The Morgan fingerprint density at radius 1 is 1.24 bits per heavy atom. The minimum Gasteiger partial charge on any atom is -0.398 e. The van der Waals surface area contributed by atoms with Gasteiger partial charge in [0.2, 0.25) is 0 Å². The predicted octanol–water partition coefficient (Wildman–Crippen LogP) is 4.35. The third-order valence-electron chi connectivity index (χ3n) is 3.25. The lowest BCUT2D eigenvalue weighted by Gasteiger charge is -2.22. The smallest absolute Gasteiger partial charge is 0.255 e. The third kappa shape index (κ3) is 3.57. The van der Waals surface area contributed by atoms with Crippen molar-refractivity contribution in [2.45, 2.75) is 13.5 Å². The zero-order valence-corrected chi connectivity index (χ0v) is 14.0. The van der Waals surface area contributed by atoms with Crippen LogP contribution in [0.1, 0.15) is 22.8 Å². The first-order valence-corrected chi connectivity index (χ1v) is 7.78. The van der Waals surface area contributed by atoms with Crippen molar-refractivity contribution in [3.63, 3.8) is 0 Å². The standard InChI is InChI=1S/C16H16BrClN2O/c1-2-20(10-11-6-3-4-8-13(11)18)16(21)12-7-5-9-14(19)15(12)17/h3-9H,2,10,19H2,1H3. The molecule has 0 aliphatic rings. The fourth-order valence-electron chi connectivity index (χ4n) is 2.04. The summed E-state index contributed by atoms with van der Waals surface area (Å²) >= 11 is 9.54. The lowest BCUT2D eigenvalue weighted by Crippen LogP contribution is -2.30. The molecule has 0 bridgehead atoms. The fourth-order valence-corrected chi connectivity index (χ4v) is 2.67. The van der Waals surface area contributed by atoms with E-state index in [0.29, 0.717) is 33.8 Å². The van der Waals surface area contributed by atoms with E-state index in [4.69, 9.17) is 17.3 Å². The van der Waals surface area contributed by atoms with Gasteiger partial charge in [-0.2, -0.15) is 0 Å². The average Bonchev–Trinajstić information content (AvgIpc) is 2.48. The highest BCUT2D eigenvalue weighted by molar-refractivity contribution is 9.10. The normalized spacial score (nSPS) is 10.4. The Bertz CT molecular complexity index is 660. The molecule has 110 valence electrons. The Labute approximate surface area is 137 Å². The molecule has 0 aliphatic heterocycles. The van der Waals surface area contributed by atoms with Gasteiger partial charge in [-0.15, -0.1) is 0 Å². The molecule has 21 heavy (non-hydrogen) atoms. The Morgan fingerprint density at radius 3 is 2.62 bits per heavy atom. The summed E-state index contributed by atoms with van der Waals surface area (Å²) in [6, 6.07) is 12.8. The van der Waals surface area contributed by atoms with Crippen molar-refractivity contribution in [2.24, 2.45) is 0 Å². The van der Waals surface area contributed by atoms with Gasteiger partial charge in [0.25, 0.3) is 5.91 Å². The molecule has 0 unspecified atom stereocenters. The van der Waals surface area contributed by atoms with Crippen LogP contribution in [0.15, 0.2) is 46.9 Å². The second kappa shape index (κ2) is 6.96. The molecule has 2 aromatic rings. The third-order valence-corrected chi connectivity index (χ3v) is 4.50. The molecule has 0 fully saturated rings. The number of carbonyl (C=O) groups is 1. The highest BCUT2D eigenvalue weighted by Crippen LogP contribution is 2.26. The van der Waals surface area contributed by atoms with Crippen molar-refractivity contribution in [3.8, 4) is 0 Å². The van der Waals surface area contributed by atoms with Gasteiger partial charge in [-0.05, 0) is 46.6 Å². The van der Waals surface area contributed by atoms with Crippen molar-refractivity contribution >= 4 is 39.1 Å². The minimum absolute atomic E-state index is 0.0726. The number of halogens is 2. The van der Waals surface area contributed by atoms with E-state index in [1.165, 1.54) is 0 Å². The van der Waals surface area contributed by atoms with Crippen LogP contribution >= 0.6 is 27.5 Å². The van der Waals surface area contributed by atoms with Gasteiger partial charge in [-0.3, -0.25) is 4.79 Å².